The van der Waals surface area contributed by atoms with Crippen molar-refractivity contribution in [1.82, 2.24) is 0 Å². The van der Waals surface area contributed by atoms with Crippen molar-refractivity contribution in [2.45, 2.75) is 370 Å². The van der Waals surface area contributed by atoms with Crippen LogP contribution in [0.5, 0.6) is 0 Å². The van der Waals surface area contributed by atoms with Crippen LogP contribution in [0.2, 0.25) is 0 Å². The number of unbranched alkanes of at least 4 members (excludes halogenated alkanes) is 1. The third-order valence-corrected chi connectivity index (χ3v) is 32.3. The van der Waals surface area contributed by atoms with Crippen molar-refractivity contribution in [2.75, 3.05) is 0 Å². The Morgan fingerprint density at radius 3 is 0.776 bits per heavy atom. The fourth-order valence-electron chi connectivity index (χ4n) is 26.6. The summed E-state index contributed by atoms with van der Waals surface area (Å²) in [7, 11) is 0. The Morgan fingerprint density at radius 2 is 0.520 bits per heavy atom. The van der Waals surface area contributed by atoms with E-state index in [0.29, 0.717) is 65.1 Å². The van der Waals surface area contributed by atoms with Gasteiger partial charge in [-0.05, 0) is 350 Å². The van der Waals surface area contributed by atoms with Gasteiger partial charge in [0.1, 0.15) is 28.0 Å². The minimum absolute atomic E-state index is 0.0347. The van der Waals surface area contributed by atoms with E-state index in [2.05, 4.69) is 76.2 Å². The molecule has 0 amide bonds. The van der Waals surface area contributed by atoms with E-state index in [9.17, 15) is 24.0 Å². The van der Waals surface area contributed by atoms with Gasteiger partial charge in [-0.25, -0.2) is 0 Å². The molecule has 20 aliphatic rings. The van der Waals surface area contributed by atoms with Crippen molar-refractivity contribution in [3.8, 4) is 0 Å². The Morgan fingerprint density at radius 1 is 0.286 bits per heavy atom. The first-order valence-corrected chi connectivity index (χ1v) is 42.9. The van der Waals surface area contributed by atoms with Gasteiger partial charge in [-0.2, -0.15) is 0 Å². The van der Waals surface area contributed by atoms with Gasteiger partial charge in [0.2, 0.25) is 0 Å². The molecule has 0 aromatic heterocycles. The monoisotopic (exact) mass is 1360 g/mol. The van der Waals surface area contributed by atoms with Crippen molar-refractivity contribution in [3.05, 3.63) is 0 Å². The van der Waals surface area contributed by atoms with Crippen LogP contribution in [0.25, 0.3) is 0 Å². The summed E-state index contributed by atoms with van der Waals surface area (Å²) >= 11 is 0. The molecule has 0 radical (unpaired) electrons. The van der Waals surface area contributed by atoms with Crippen molar-refractivity contribution >= 4 is 29.8 Å². The molecule has 20 aliphatic carbocycles. The van der Waals surface area contributed by atoms with E-state index in [1.54, 1.807) is 0 Å². The Kier molecular flexibility index (Phi) is 24.6. The van der Waals surface area contributed by atoms with E-state index in [0.717, 1.165) is 117 Å². The third kappa shape index (κ3) is 15.0. The number of hydrogen-bond acceptors (Lipinski definition) is 10. The maximum absolute atomic E-state index is 12.5. The number of hydrogen-bond donors (Lipinski definition) is 0. The van der Waals surface area contributed by atoms with E-state index >= 15 is 0 Å². The van der Waals surface area contributed by atoms with Gasteiger partial charge in [0.25, 0.3) is 0 Å². The molecular formula is C88H146O10. The first-order valence-electron chi connectivity index (χ1n) is 42.9. The summed E-state index contributed by atoms with van der Waals surface area (Å²) in [5, 5.41) is 0. The molecule has 5 unspecified atom stereocenters. The highest BCUT2D eigenvalue weighted by molar-refractivity contribution is 5.74. The molecule has 5 atom stereocenters. The highest BCUT2D eigenvalue weighted by atomic mass is 16.6. The molecule has 558 valence electrons. The molecule has 20 rings (SSSR count). The molecule has 0 aromatic carbocycles. The average Bonchev–Trinajstić information content (AvgIpc) is 0.646. The largest absolute Gasteiger partial charge is 0.459 e. The SMILES string of the molecule is CCC(C)C(=O)OC1(C(C)C)C2CC3CC(C2)CC1C3.CCC(C)C(=O)OC1(C)C2CC3CC(C2)CC1C3.CCC(C)C(=O)OC1(CC)C2CC3CC(C2)CC1C3.CCCC1(OC(=O)C(C)CC)C2CC3CC(C2)CC1C3.CCCCC1(OC(=O)C(C)CC)C2CC3CC(C2)CC1C3. The number of ether oxygens (including phenoxy) is 5. The Balaban J connectivity index is 0.000000124. The summed E-state index contributed by atoms with van der Waals surface area (Å²) in [5.74, 6) is 16.8. The standard InChI is InChI=1S/C19H32O2.2C18H30O2.C17H28O2.C16H26O2/c1-4-6-7-19(21-18(20)13(3)5-2)16-9-14-8-15(11-16)12-17(19)10-14;1-5-12(4)17(19)20-18(11(2)3)15-7-13-6-14(9-15)10-16(18)8-13;1-4-6-18(20-17(19)12(3)5-2)15-8-13-7-14(10-15)11-16(18)9-13;1-4-11(3)16(18)19-17(5-2)14-7-12-6-13(9-14)10-15(17)8-12;1-4-10(2)15(17)18-16(3)13-6-11-5-12(8-13)9-14(16)7-11/h13-17H,4-12H2,1-3H3;11-16H,5-10H2,1-4H3;12-16H,4-11H2,1-3H3;11-15H,4-10H2,1-3H3;10-14H,4-9H2,1-3H3. The van der Waals surface area contributed by atoms with Gasteiger partial charge in [-0.1, -0.05) is 117 Å². The quantitative estimate of drug-likeness (QED) is 0.0762. The van der Waals surface area contributed by atoms with E-state index in [1.165, 1.54) is 173 Å². The first-order chi connectivity index (χ1) is 46.8. The van der Waals surface area contributed by atoms with Gasteiger partial charge >= 0.3 is 29.8 Å². The summed E-state index contributed by atoms with van der Waals surface area (Å²) in [6.45, 7) is 33.9. The number of carbonyl (C=O) groups is 5. The lowest BCUT2D eigenvalue weighted by Crippen LogP contribution is -2.62. The molecule has 0 spiro atoms. The summed E-state index contributed by atoms with van der Waals surface area (Å²) in [6.07, 6.45) is 44.7. The maximum Gasteiger partial charge on any atom is 0.309 e. The maximum atomic E-state index is 12.5. The zero-order chi connectivity index (χ0) is 70.4. The highest BCUT2D eigenvalue weighted by Crippen LogP contribution is 2.66. The second-order valence-electron chi connectivity index (χ2n) is 38.4. The molecule has 98 heavy (non-hydrogen) atoms. The van der Waals surface area contributed by atoms with Gasteiger partial charge in [-0.3, -0.25) is 24.0 Å². The van der Waals surface area contributed by atoms with E-state index in [1.807, 2.05) is 34.6 Å². The molecule has 0 aromatic rings. The molecule has 0 heterocycles. The molecule has 10 heteroatoms. The van der Waals surface area contributed by atoms with Crippen LogP contribution in [-0.4, -0.2) is 57.9 Å². The van der Waals surface area contributed by atoms with Crippen LogP contribution in [0.1, 0.15) is 342 Å². The van der Waals surface area contributed by atoms with Crippen LogP contribution in [0.3, 0.4) is 0 Å². The van der Waals surface area contributed by atoms with E-state index in [-0.39, 0.29) is 87.4 Å². The Bertz CT molecular complexity index is 2540. The average molecular weight is 1360 g/mol. The van der Waals surface area contributed by atoms with Crippen LogP contribution in [0.4, 0.5) is 0 Å². The summed E-state index contributed by atoms with van der Waals surface area (Å²) < 4.78 is 31.1. The lowest BCUT2D eigenvalue weighted by molar-refractivity contribution is -0.227. The first kappa shape index (κ1) is 76.5. The molecule has 10 nitrogen and oxygen atoms in total. The summed E-state index contributed by atoms with van der Waals surface area (Å²) in [5.41, 5.74) is -0.581. The van der Waals surface area contributed by atoms with Crippen LogP contribution >= 0.6 is 0 Å². The van der Waals surface area contributed by atoms with E-state index in [4.69, 9.17) is 23.7 Å². The van der Waals surface area contributed by atoms with Crippen molar-refractivity contribution in [2.24, 2.45) is 154 Å². The predicted octanol–water partition coefficient (Wildman–Crippen LogP) is 21.9. The lowest BCUT2D eigenvalue weighted by atomic mass is 9.47. The van der Waals surface area contributed by atoms with Crippen LogP contribution in [-0.2, 0) is 47.7 Å². The fraction of sp³-hybridized carbons (Fsp3) is 0.943. The van der Waals surface area contributed by atoms with Gasteiger partial charge < -0.3 is 23.7 Å². The van der Waals surface area contributed by atoms with Crippen molar-refractivity contribution < 1.29 is 47.7 Å². The van der Waals surface area contributed by atoms with Crippen LogP contribution < -0.4 is 0 Å². The van der Waals surface area contributed by atoms with Crippen molar-refractivity contribution in [1.29, 1.82) is 0 Å². The smallest absolute Gasteiger partial charge is 0.309 e. The minimum Gasteiger partial charge on any atom is -0.459 e. The zero-order valence-corrected chi connectivity index (χ0v) is 65.5. The molecule has 0 N–H and O–H groups in total. The third-order valence-electron chi connectivity index (χ3n) is 32.3. The molecule has 20 saturated carbocycles. The van der Waals surface area contributed by atoms with Gasteiger partial charge in [0.15, 0.2) is 0 Å². The molecule has 20 fully saturated rings. The number of carbonyl (C=O) groups excluding carboxylic acids is 5. The van der Waals surface area contributed by atoms with Crippen molar-refractivity contribution in [3.63, 3.8) is 0 Å². The predicted molar refractivity (Wildman–Crippen MR) is 392 cm³/mol. The van der Waals surface area contributed by atoms with Gasteiger partial charge in [0, 0.05) is 0 Å². The van der Waals surface area contributed by atoms with E-state index < -0.39 is 0 Å². The van der Waals surface area contributed by atoms with Gasteiger partial charge in [-0.15, -0.1) is 0 Å². The summed E-state index contributed by atoms with van der Waals surface area (Å²) in [4.78, 5) is 61.8. The topological polar surface area (TPSA) is 132 Å². The molecule has 0 saturated heterocycles. The zero-order valence-electron chi connectivity index (χ0n) is 65.5. The second-order valence-corrected chi connectivity index (χ2v) is 38.4. The highest BCUT2D eigenvalue weighted by Gasteiger charge is 2.64. The molecular weight excluding hydrogens is 1220 g/mol. The Labute approximate surface area is 598 Å². The van der Waals surface area contributed by atoms with Crippen LogP contribution in [0, 0.1) is 154 Å². The lowest BCUT2D eigenvalue weighted by Gasteiger charge is -2.62. The fourth-order valence-corrected chi connectivity index (χ4v) is 26.6. The summed E-state index contributed by atoms with van der Waals surface area (Å²) in [6, 6.07) is 0. The molecule has 0 aliphatic heterocycles. The number of rotatable bonds is 22. The second kappa shape index (κ2) is 31.6. The number of esters is 5. The van der Waals surface area contributed by atoms with Gasteiger partial charge in [0.05, 0.1) is 29.6 Å². The minimum atomic E-state index is -0.145. The Hall–Kier alpha value is -2.65. The normalized spacial score (nSPS) is 44.3. The van der Waals surface area contributed by atoms with Crippen LogP contribution in [0.15, 0.2) is 0 Å². The molecule has 20 bridgehead atoms.